The summed E-state index contributed by atoms with van der Waals surface area (Å²) in [7, 11) is 0. The first-order valence-electron chi connectivity index (χ1n) is 8.93. The van der Waals surface area contributed by atoms with Crippen LogP contribution in [0.25, 0.3) is 11.5 Å². The van der Waals surface area contributed by atoms with Crippen LogP contribution in [0.15, 0.2) is 65.9 Å². The largest absolute Gasteiger partial charge is 0.442 e. The quantitative estimate of drug-likeness (QED) is 0.467. The normalized spacial score (nSPS) is 11.7. The summed E-state index contributed by atoms with van der Waals surface area (Å²) in [6, 6.07) is 8.40. The molecule has 0 unspecified atom stereocenters. The molecule has 0 aliphatic heterocycles. The van der Waals surface area contributed by atoms with Gasteiger partial charge in [-0.1, -0.05) is 19.1 Å². The fourth-order valence-electron chi connectivity index (χ4n) is 2.99. The molecule has 0 fully saturated rings. The average Bonchev–Trinajstić information content (AvgIpc) is 3.24. The highest BCUT2D eigenvalue weighted by molar-refractivity contribution is 5.85. The minimum atomic E-state index is -0.245. The number of benzene rings is 1. The van der Waals surface area contributed by atoms with Crippen LogP contribution in [-0.2, 0) is 12.8 Å². The van der Waals surface area contributed by atoms with Crippen LogP contribution < -0.4 is 0 Å². The summed E-state index contributed by atoms with van der Waals surface area (Å²) in [5.74, 6) is 1.16. The van der Waals surface area contributed by atoms with Crippen LogP contribution in [0.2, 0.25) is 0 Å². The fraction of sp³-hybridized carbons (Fsp3) is 0.190. The number of nitrogens with zero attached hydrogens (tertiary/aromatic N) is 5. The molecule has 0 saturated heterocycles. The Morgan fingerprint density at radius 1 is 1.00 bits per heavy atom. The van der Waals surface area contributed by atoms with E-state index in [-0.39, 0.29) is 24.1 Å². The molecule has 0 bridgehead atoms. The topological polar surface area (TPSA) is 77.6 Å². The van der Waals surface area contributed by atoms with Crippen molar-refractivity contribution in [3.8, 4) is 11.5 Å². The van der Waals surface area contributed by atoms with Crippen LogP contribution in [0.5, 0.6) is 0 Å². The second kappa shape index (κ2) is 9.34. The van der Waals surface area contributed by atoms with E-state index in [9.17, 15) is 4.39 Å². The Morgan fingerprint density at radius 3 is 2.52 bits per heavy atom. The molecule has 0 radical (unpaired) electrons. The molecule has 148 valence electrons. The predicted molar refractivity (Wildman–Crippen MR) is 108 cm³/mol. The van der Waals surface area contributed by atoms with Crippen molar-refractivity contribution in [3.63, 3.8) is 0 Å². The molecule has 29 heavy (non-hydrogen) atoms. The van der Waals surface area contributed by atoms with Crippen molar-refractivity contribution >= 4 is 12.4 Å². The van der Waals surface area contributed by atoms with Crippen molar-refractivity contribution in [1.82, 2.24) is 24.9 Å². The first-order valence-corrected chi connectivity index (χ1v) is 8.93. The van der Waals surface area contributed by atoms with E-state index >= 15 is 0 Å². The Kier molecular flexibility index (Phi) is 6.61. The summed E-state index contributed by atoms with van der Waals surface area (Å²) in [6.07, 6.45) is 9.17. The van der Waals surface area contributed by atoms with Crippen molar-refractivity contribution in [1.29, 1.82) is 0 Å². The van der Waals surface area contributed by atoms with Gasteiger partial charge in [0.2, 0.25) is 0 Å². The zero-order chi connectivity index (χ0) is 19.3. The lowest BCUT2D eigenvalue weighted by molar-refractivity contribution is 0.568. The maximum absolute atomic E-state index is 13.2. The summed E-state index contributed by atoms with van der Waals surface area (Å²) < 4.78 is 18.6. The van der Waals surface area contributed by atoms with E-state index in [2.05, 4.69) is 26.9 Å². The molecule has 3 aromatic heterocycles. The van der Waals surface area contributed by atoms with Crippen molar-refractivity contribution in [2.45, 2.75) is 25.7 Å². The van der Waals surface area contributed by atoms with Crippen molar-refractivity contribution in [2.24, 2.45) is 0 Å². The standard InChI is InChI=1S/C21H18FN5O.ClH/c1-14(15-2-4-16(22)5-3-15)8-21-26-17(9-18-11-23-6-7-25-18)10-19(27-21)20-12-24-13-28-20;/h2-7,10-14H,8-9H2,1H3;1H/t14-;/m1./s1. The zero-order valence-electron chi connectivity index (χ0n) is 15.7. The van der Waals surface area contributed by atoms with Gasteiger partial charge in [0.05, 0.1) is 17.6 Å². The van der Waals surface area contributed by atoms with Gasteiger partial charge in [0, 0.05) is 31.4 Å². The van der Waals surface area contributed by atoms with Gasteiger partial charge >= 0.3 is 0 Å². The van der Waals surface area contributed by atoms with Crippen LogP contribution in [0.3, 0.4) is 0 Å². The molecular formula is C21H19ClFN5O. The van der Waals surface area contributed by atoms with Crippen LogP contribution >= 0.6 is 12.4 Å². The Bertz CT molecular complexity index is 1040. The minimum Gasteiger partial charge on any atom is -0.442 e. The summed E-state index contributed by atoms with van der Waals surface area (Å²) >= 11 is 0. The Balaban J connectivity index is 0.00000240. The van der Waals surface area contributed by atoms with Gasteiger partial charge in [0.1, 0.15) is 17.3 Å². The van der Waals surface area contributed by atoms with E-state index in [1.807, 2.05) is 6.07 Å². The second-order valence-electron chi connectivity index (χ2n) is 6.56. The molecule has 4 aromatic rings. The van der Waals surface area contributed by atoms with Crippen LogP contribution in [0.1, 0.15) is 35.6 Å². The molecule has 1 atom stereocenters. The molecule has 1 aromatic carbocycles. The number of oxazole rings is 1. The van der Waals surface area contributed by atoms with Gasteiger partial charge in [-0.25, -0.2) is 19.3 Å². The van der Waals surface area contributed by atoms with Gasteiger partial charge < -0.3 is 4.42 Å². The van der Waals surface area contributed by atoms with E-state index in [0.29, 0.717) is 30.1 Å². The first-order chi connectivity index (χ1) is 13.7. The number of aromatic nitrogens is 5. The zero-order valence-corrected chi connectivity index (χ0v) is 16.5. The van der Waals surface area contributed by atoms with E-state index < -0.39 is 0 Å². The van der Waals surface area contributed by atoms with Crippen LogP contribution in [0.4, 0.5) is 4.39 Å². The van der Waals surface area contributed by atoms with Crippen LogP contribution in [-0.4, -0.2) is 24.9 Å². The highest BCUT2D eigenvalue weighted by Crippen LogP contribution is 2.23. The van der Waals surface area contributed by atoms with Crippen LogP contribution in [0, 0.1) is 5.82 Å². The number of halogens is 2. The third-order valence-electron chi connectivity index (χ3n) is 4.42. The average molecular weight is 412 g/mol. The lowest BCUT2D eigenvalue weighted by Crippen LogP contribution is -2.07. The lowest BCUT2D eigenvalue weighted by atomic mass is 9.97. The summed E-state index contributed by atoms with van der Waals surface area (Å²) in [5.41, 5.74) is 3.35. The number of hydrogen-bond acceptors (Lipinski definition) is 6. The third kappa shape index (κ3) is 5.20. The highest BCUT2D eigenvalue weighted by Gasteiger charge is 2.14. The minimum absolute atomic E-state index is 0. The molecule has 0 amide bonds. The molecule has 3 heterocycles. The number of hydrogen-bond donors (Lipinski definition) is 0. The molecule has 0 N–H and O–H groups in total. The summed E-state index contributed by atoms with van der Waals surface area (Å²) in [5, 5.41) is 0. The van der Waals surface area contributed by atoms with Crippen molar-refractivity contribution in [2.75, 3.05) is 0 Å². The maximum atomic E-state index is 13.2. The lowest BCUT2D eigenvalue weighted by Gasteiger charge is -2.12. The molecule has 0 saturated carbocycles. The van der Waals surface area contributed by atoms with E-state index in [4.69, 9.17) is 9.40 Å². The Hall–Kier alpha value is -3.19. The summed E-state index contributed by atoms with van der Waals surface area (Å²) in [4.78, 5) is 21.8. The Morgan fingerprint density at radius 2 is 1.83 bits per heavy atom. The molecule has 6 nitrogen and oxygen atoms in total. The van der Waals surface area contributed by atoms with E-state index in [1.165, 1.54) is 18.5 Å². The van der Waals surface area contributed by atoms with Gasteiger partial charge in [-0.3, -0.25) is 9.97 Å². The first kappa shape index (κ1) is 20.5. The maximum Gasteiger partial charge on any atom is 0.181 e. The second-order valence-corrected chi connectivity index (χ2v) is 6.56. The van der Waals surface area contributed by atoms with Gasteiger partial charge in [-0.05, 0) is 29.7 Å². The van der Waals surface area contributed by atoms with E-state index in [0.717, 1.165) is 17.0 Å². The van der Waals surface area contributed by atoms with Gasteiger partial charge in [-0.2, -0.15) is 0 Å². The molecule has 8 heteroatoms. The third-order valence-corrected chi connectivity index (χ3v) is 4.42. The van der Waals surface area contributed by atoms with E-state index in [1.54, 1.807) is 36.9 Å². The molecule has 0 spiro atoms. The molecular weight excluding hydrogens is 393 g/mol. The van der Waals surface area contributed by atoms with Crippen molar-refractivity contribution in [3.05, 3.63) is 90.1 Å². The van der Waals surface area contributed by atoms with Gasteiger partial charge in [-0.15, -0.1) is 12.4 Å². The summed E-state index contributed by atoms with van der Waals surface area (Å²) in [6.45, 7) is 2.07. The predicted octanol–water partition coefficient (Wildman–Crippen LogP) is 4.42. The molecule has 0 aliphatic carbocycles. The molecule has 0 aliphatic rings. The van der Waals surface area contributed by atoms with Crippen molar-refractivity contribution < 1.29 is 8.81 Å². The van der Waals surface area contributed by atoms with Gasteiger partial charge in [0.15, 0.2) is 12.2 Å². The Labute approximate surface area is 173 Å². The monoisotopic (exact) mass is 411 g/mol. The van der Waals surface area contributed by atoms with Gasteiger partial charge in [0.25, 0.3) is 0 Å². The smallest absolute Gasteiger partial charge is 0.181 e. The fourth-order valence-corrected chi connectivity index (χ4v) is 2.99. The molecule has 4 rings (SSSR count). The SMILES string of the molecule is C[C@H](Cc1nc(Cc2cnccn2)cc(-c2cnco2)n1)c1ccc(F)cc1.Cl. The highest BCUT2D eigenvalue weighted by atomic mass is 35.5. The number of rotatable bonds is 6.